The summed E-state index contributed by atoms with van der Waals surface area (Å²) in [7, 11) is 0. The summed E-state index contributed by atoms with van der Waals surface area (Å²) in [5.41, 5.74) is 6.32. The van der Waals surface area contributed by atoms with Crippen LogP contribution in [0.25, 0.3) is 0 Å². The second-order valence-electron chi connectivity index (χ2n) is 6.19. The van der Waals surface area contributed by atoms with Gasteiger partial charge in [-0.2, -0.15) is 0 Å². The SMILES string of the molecule is CC(C)(C)C1=CCN(C(=O)N[C@@H](CC(N)=O)C(=O)O)CC1. The van der Waals surface area contributed by atoms with E-state index in [-0.39, 0.29) is 5.41 Å². The number of nitrogens with two attached hydrogens (primary N) is 1. The quantitative estimate of drug-likeness (QED) is 0.663. The molecule has 0 aromatic heterocycles. The average molecular weight is 297 g/mol. The van der Waals surface area contributed by atoms with E-state index in [0.717, 1.165) is 6.42 Å². The number of rotatable bonds is 4. The van der Waals surface area contributed by atoms with Gasteiger partial charge in [-0.1, -0.05) is 32.4 Å². The van der Waals surface area contributed by atoms with E-state index in [9.17, 15) is 14.4 Å². The average Bonchev–Trinajstić information content (AvgIpc) is 2.36. The first-order valence-corrected chi connectivity index (χ1v) is 6.87. The normalized spacial score (nSPS) is 16.9. The molecule has 0 aromatic rings. The maximum atomic E-state index is 12.0. The Hall–Kier alpha value is -2.05. The molecule has 0 unspecified atom stereocenters. The molecule has 7 heteroatoms. The number of nitrogens with zero attached hydrogens (tertiary/aromatic N) is 1. The van der Waals surface area contributed by atoms with Crippen molar-refractivity contribution in [3.8, 4) is 0 Å². The minimum Gasteiger partial charge on any atom is -0.480 e. The molecule has 0 aromatic carbocycles. The molecule has 0 aliphatic carbocycles. The highest BCUT2D eigenvalue weighted by Gasteiger charge is 2.27. The van der Waals surface area contributed by atoms with Gasteiger partial charge in [-0.15, -0.1) is 0 Å². The number of carbonyl (C=O) groups excluding carboxylic acids is 2. The van der Waals surface area contributed by atoms with Gasteiger partial charge in [0.1, 0.15) is 6.04 Å². The topological polar surface area (TPSA) is 113 Å². The molecule has 0 fully saturated rings. The fourth-order valence-electron chi connectivity index (χ4n) is 2.18. The zero-order valence-electron chi connectivity index (χ0n) is 12.7. The van der Waals surface area contributed by atoms with Crippen LogP contribution in [-0.2, 0) is 9.59 Å². The smallest absolute Gasteiger partial charge is 0.326 e. The summed E-state index contributed by atoms with van der Waals surface area (Å²) in [5.74, 6) is -2.04. The van der Waals surface area contributed by atoms with Crippen molar-refractivity contribution in [2.75, 3.05) is 13.1 Å². The molecule has 1 aliphatic heterocycles. The summed E-state index contributed by atoms with van der Waals surface area (Å²) in [6, 6.07) is -1.78. The van der Waals surface area contributed by atoms with Crippen molar-refractivity contribution >= 4 is 17.9 Å². The zero-order valence-corrected chi connectivity index (χ0v) is 12.7. The van der Waals surface area contributed by atoms with Gasteiger partial charge in [-0.05, 0) is 11.8 Å². The van der Waals surface area contributed by atoms with E-state index in [0.29, 0.717) is 13.1 Å². The summed E-state index contributed by atoms with van der Waals surface area (Å²) in [4.78, 5) is 35.3. The summed E-state index contributed by atoms with van der Waals surface area (Å²) < 4.78 is 0. The van der Waals surface area contributed by atoms with Crippen LogP contribution < -0.4 is 11.1 Å². The van der Waals surface area contributed by atoms with Gasteiger partial charge in [-0.25, -0.2) is 9.59 Å². The first-order valence-electron chi connectivity index (χ1n) is 6.87. The fraction of sp³-hybridized carbons (Fsp3) is 0.643. The second kappa shape index (κ2) is 6.60. The lowest BCUT2D eigenvalue weighted by Crippen LogP contribution is -2.50. The first kappa shape index (κ1) is 17.0. The Balaban J connectivity index is 2.63. The largest absolute Gasteiger partial charge is 0.480 e. The molecule has 0 bridgehead atoms. The van der Waals surface area contributed by atoms with Crippen molar-refractivity contribution in [2.24, 2.45) is 11.1 Å². The zero-order chi connectivity index (χ0) is 16.2. The van der Waals surface area contributed by atoms with E-state index in [1.807, 2.05) is 6.08 Å². The summed E-state index contributed by atoms with van der Waals surface area (Å²) in [5, 5.41) is 11.3. The van der Waals surface area contributed by atoms with Gasteiger partial charge in [-0.3, -0.25) is 4.79 Å². The monoisotopic (exact) mass is 297 g/mol. The molecule has 7 nitrogen and oxygen atoms in total. The van der Waals surface area contributed by atoms with E-state index >= 15 is 0 Å². The maximum Gasteiger partial charge on any atom is 0.326 e. The minimum absolute atomic E-state index is 0.0676. The van der Waals surface area contributed by atoms with Gasteiger partial charge in [0.05, 0.1) is 6.42 Å². The van der Waals surface area contributed by atoms with Crippen LogP contribution in [0.1, 0.15) is 33.6 Å². The molecule has 1 heterocycles. The van der Waals surface area contributed by atoms with Crippen LogP contribution in [0.4, 0.5) is 4.79 Å². The first-order chi connectivity index (χ1) is 9.61. The molecule has 1 aliphatic rings. The maximum absolute atomic E-state index is 12.0. The van der Waals surface area contributed by atoms with Crippen molar-refractivity contribution in [1.82, 2.24) is 10.2 Å². The van der Waals surface area contributed by atoms with E-state index in [1.165, 1.54) is 10.5 Å². The summed E-state index contributed by atoms with van der Waals surface area (Å²) in [6.07, 6.45) is 2.33. The van der Waals surface area contributed by atoms with Crippen LogP contribution >= 0.6 is 0 Å². The lowest BCUT2D eigenvalue weighted by molar-refractivity contribution is -0.140. The fourth-order valence-corrected chi connectivity index (χ4v) is 2.18. The molecule has 4 N–H and O–H groups in total. The molecule has 118 valence electrons. The second-order valence-corrected chi connectivity index (χ2v) is 6.19. The number of hydrogen-bond acceptors (Lipinski definition) is 3. The van der Waals surface area contributed by atoms with Crippen LogP contribution in [0.2, 0.25) is 0 Å². The van der Waals surface area contributed by atoms with Crippen LogP contribution in [0.3, 0.4) is 0 Å². The van der Waals surface area contributed by atoms with Gasteiger partial charge in [0, 0.05) is 13.1 Å². The standard InChI is InChI=1S/C14H23N3O4/c1-14(2,3)9-4-6-17(7-5-9)13(21)16-10(12(19)20)8-11(15)18/h4,10H,5-8H2,1-3H3,(H2,15,18)(H,16,21)(H,19,20)/t10-/m0/s1. The van der Waals surface area contributed by atoms with Crippen LogP contribution in [0.15, 0.2) is 11.6 Å². The molecule has 1 atom stereocenters. The Labute approximate surface area is 124 Å². The van der Waals surface area contributed by atoms with Crippen LogP contribution in [0.5, 0.6) is 0 Å². The summed E-state index contributed by atoms with van der Waals surface area (Å²) >= 11 is 0. The van der Waals surface area contributed by atoms with Crippen molar-refractivity contribution in [3.05, 3.63) is 11.6 Å². The van der Waals surface area contributed by atoms with E-state index in [1.54, 1.807) is 0 Å². The van der Waals surface area contributed by atoms with Gasteiger partial charge in [0.2, 0.25) is 5.91 Å². The molecule has 3 amide bonds. The van der Waals surface area contributed by atoms with Gasteiger partial charge >= 0.3 is 12.0 Å². The van der Waals surface area contributed by atoms with Gasteiger partial charge < -0.3 is 21.1 Å². The Morgan fingerprint density at radius 1 is 1.43 bits per heavy atom. The number of hydrogen-bond donors (Lipinski definition) is 3. The molecular formula is C14H23N3O4. The third kappa shape index (κ3) is 5.09. The Morgan fingerprint density at radius 2 is 2.05 bits per heavy atom. The van der Waals surface area contributed by atoms with E-state index in [4.69, 9.17) is 10.8 Å². The van der Waals surface area contributed by atoms with Gasteiger partial charge in [0.25, 0.3) is 0 Å². The number of carboxylic acids is 1. The van der Waals surface area contributed by atoms with Gasteiger partial charge in [0.15, 0.2) is 0 Å². The third-order valence-corrected chi connectivity index (χ3v) is 3.46. The Morgan fingerprint density at radius 3 is 2.43 bits per heavy atom. The molecule has 0 saturated carbocycles. The molecule has 0 radical (unpaired) electrons. The van der Waals surface area contributed by atoms with Crippen molar-refractivity contribution in [1.29, 1.82) is 0 Å². The minimum atomic E-state index is -1.29. The highest BCUT2D eigenvalue weighted by Crippen LogP contribution is 2.29. The molecule has 0 spiro atoms. The molecular weight excluding hydrogens is 274 g/mol. The lowest BCUT2D eigenvalue weighted by atomic mass is 9.83. The molecule has 0 saturated heterocycles. The van der Waals surface area contributed by atoms with E-state index < -0.39 is 30.4 Å². The number of carboxylic acid groups (broad SMARTS) is 1. The number of amides is 3. The Kier molecular flexibility index (Phi) is 5.34. The lowest BCUT2D eigenvalue weighted by Gasteiger charge is -2.32. The molecule has 21 heavy (non-hydrogen) atoms. The summed E-state index contributed by atoms with van der Waals surface area (Å²) in [6.45, 7) is 7.30. The third-order valence-electron chi connectivity index (χ3n) is 3.46. The number of nitrogens with one attached hydrogen (secondary N) is 1. The number of carbonyl (C=O) groups is 3. The predicted molar refractivity (Wildman–Crippen MR) is 77.5 cm³/mol. The number of aliphatic carboxylic acids is 1. The number of primary amides is 1. The Bertz CT molecular complexity index is 465. The van der Waals surface area contributed by atoms with Crippen LogP contribution in [0, 0.1) is 5.41 Å². The molecule has 1 rings (SSSR count). The highest BCUT2D eigenvalue weighted by atomic mass is 16.4. The number of urea groups is 1. The van der Waals surface area contributed by atoms with Crippen molar-refractivity contribution in [3.63, 3.8) is 0 Å². The van der Waals surface area contributed by atoms with Crippen LogP contribution in [-0.4, -0.2) is 47.0 Å². The van der Waals surface area contributed by atoms with E-state index in [2.05, 4.69) is 26.1 Å². The van der Waals surface area contributed by atoms with Crippen molar-refractivity contribution < 1.29 is 19.5 Å². The predicted octanol–water partition coefficient (Wildman–Crippen LogP) is 0.703. The highest BCUT2D eigenvalue weighted by molar-refractivity contribution is 5.87. The van der Waals surface area contributed by atoms with Crippen molar-refractivity contribution in [2.45, 2.75) is 39.7 Å².